The third-order valence-electron chi connectivity index (χ3n) is 5.00. The maximum Gasteiger partial charge on any atom is 0.158 e. The van der Waals surface area contributed by atoms with Gasteiger partial charge in [-0.05, 0) is 61.8 Å². The number of benzene rings is 1. The smallest absolute Gasteiger partial charge is 0.158 e. The topological polar surface area (TPSA) is 47.3 Å². The highest BCUT2D eigenvalue weighted by atomic mass is 16.5. The minimum absolute atomic E-state index is 0.124. The average Bonchev–Trinajstić information content (AvgIpc) is 2.34. The SMILES string of the molecule is Bc1c(C)c(C2CC(B)(B)NC(B)(B)C2)cc(OC(B)(C)C)c1N. The molecular formula is C15H30B6N2O. The first kappa shape index (κ1) is 19.5. The maximum atomic E-state index is 6.36. The molecule has 0 bridgehead atoms. The van der Waals surface area contributed by atoms with Crippen LogP contribution in [0.2, 0.25) is 0 Å². The number of nitrogens with two attached hydrogens (primary N) is 1. The third kappa shape index (κ3) is 4.41. The Labute approximate surface area is 153 Å². The first-order chi connectivity index (χ1) is 10.7. The lowest BCUT2D eigenvalue weighted by atomic mass is 9.46. The van der Waals surface area contributed by atoms with Crippen molar-refractivity contribution in [1.29, 1.82) is 0 Å². The van der Waals surface area contributed by atoms with Crippen molar-refractivity contribution in [2.75, 3.05) is 5.73 Å². The quantitative estimate of drug-likeness (QED) is 0.440. The predicted molar refractivity (Wildman–Crippen MR) is 122 cm³/mol. The molecule has 0 saturated carbocycles. The van der Waals surface area contributed by atoms with Gasteiger partial charge in [0, 0.05) is 0 Å². The molecule has 0 atom stereocenters. The van der Waals surface area contributed by atoms with Gasteiger partial charge < -0.3 is 15.8 Å². The van der Waals surface area contributed by atoms with Gasteiger partial charge in [-0.25, -0.2) is 0 Å². The fourth-order valence-corrected chi connectivity index (χ4v) is 4.31. The van der Waals surface area contributed by atoms with Crippen LogP contribution in [0.4, 0.5) is 5.69 Å². The minimum Gasteiger partial charge on any atom is -0.495 e. The summed E-state index contributed by atoms with van der Waals surface area (Å²) in [5.74, 6) is 1.34. The third-order valence-corrected chi connectivity index (χ3v) is 5.00. The van der Waals surface area contributed by atoms with Crippen LogP contribution in [0.3, 0.4) is 0 Å². The molecule has 0 spiro atoms. The lowest BCUT2D eigenvalue weighted by Crippen LogP contribution is -2.64. The largest absolute Gasteiger partial charge is 0.495 e. The van der Waals surface area contributed by atoms with Crippen molar-refractivity contribution < 1.29 is 4.74 Å². The summed E-state index contributed by atoms with van der Waals surface area (Å²) in [6.07, 6.45) is 2.24. The highest BCUT2D eigenvalue weighted by Crippen LogP contribution is 2.39. The van der Waals surface area contributed by atoms with Gasteiger partial charge in [0.15, 0.2) is 7.85 Å². The van der Waals surface area contributed by atoms with Gasteiger partial charge in [0.05, 0.1) is 11.2 Å². The molecule has 0 unspecified atom stereocenters. The second-order valence-corrected chi connectivity index (χ2v) is 9.84. The Hall–Kier alpha value is -0.830. The van der Waals surface area contributed by atoms with Crippen molar-refractivity contribution in [3.05, 3.63) is 17.2 Å². The number of ether oxygens (including phenoxy) is 1. The molecule has 1 aromatic rings. The number of anilines is 1. The van der Waals surface area contributed by atoms with E-state index in [2.05, 4.69) is 79.2 Å². The number of hydrogen-bond acceptors (Lipinski definition) is 3. The van der Waals surface area contributed by atoms with E-state index < -0.39 is 0 Å². The molecule has 24 heavy (non-hydrogen) atoms. The summed E-state index contributed by atoms with van der Waals surface area (Å²) in [4.78, 5) is 0. The zero-order valence-electron chi connectivity index (χ0n) is 17.1. The van der Waals surface area contributed by atoms with Crippen LogP contribution in [-0.4, -0.2) is 63.3 Å². The molecule has 1 saturated heterocycles. The Morgan fingerprint density at radius 2 is 1.71 bits per heavy atom. The summed E-state index contributed by atoms with van der Waals surface area (Å²) in [6, 6.07) is 2.20. The average molecular weight is 319 g/mol. The zero-order valence-corrected chi connectivity index (χ0v) is 17.1. The van der Waals surface area contributed by atoms with Crippen LogP contribution in [0.25, 0.3) is 0 Å². The van der Waals surface area contributed by atoms with Crippen LogP contribution in [0.5, 0.6) is 5.75 Å². The number of hydrogen-bond donors (Lipinski definition) is 2. The first-order valence-corrected chi connectivity index (χ1v) is 9.09. The number of nitrogens with one attached hydrogen (secondary N) is 1. The van der Waals surface area contributed by atoms with Gasteiger partial charge in [0.2, 0.25) is 0 Å². The van der Waals surface area contributed by atoms with E-state index in [-0.39, 0.29) is 16.2 Å². The summed E-state index contributed by atoms with van der Waals surface area (Å²) in [5, 5.41) is 4.02. The van der Waals surface area contributed by atoms with Crippen molar-refractivity contribution in [3.63, 3.8) is 0 Å². The molecule has 1 heterocycles. The monoisotopic (exact) mass is 320 g/mol. The van der Waals surface area contributed by atoms with Crippen LogP contribution in [-0.2, 0) is 0 Å². The molecule has 124 valence electrons. The van der Waals surface area contributed by atoms with Crippen molar-refractivity contribution >= 4 is 58.2 Å². The molecule has 0 radical (unpaired) electrons. The molecule has 3 nitrogen and oxygen atoms in total. The first-order valence-electron chi connectivity index (χ1n) is 9.09. The lowest BCUT2D eigenvalue weighted by molar-refractivity contribution is 0.199. The van der Waals surface area contributed by atoms with Crippen molar-refractivity contribution in [3.8, 4) is 5.75 Å². The van der Waals surface area contributed by atoms with Gasteiger partial charge >= 0.3 is 0 Å². The summed E-state index contributed by atoms with van der Waals surface area (Å²) >= 11 is 0. The molecule has 9 heteroatoms. The van der Waals surface area contributed by atoms with E-state index in [4.69, 9.17) is 10.5 Å². The fraction of sp³-hybridized carbons (Fsp3) is 0.600. The number of rotatable bonds is 3. The Balaban J connectivity index is 2.50. The van der Waals surface area contributed by atoms with E-state index in [1.165, 1.54) is 11.1 Å². The van der Waals surface area contributed by atoms with E-state index in [0.717, 1.165) is 29.7 Å². The number of nitrogen functional groups attached to an aromatic ring is 1. The zero-order chi connectivity index (χ0) is 18.5. The van der Waals surface area contributed by atoms with E-state index in [1.54, 1.807) is 0 Å². The molecule has 3 N–H and O–H groups in total. The summed E-state index contributed by atoms with van der Waals surface area (Å²) in [7, 11) is 13.4. The van der Waals surface area contributed by atoms with E-state index in [0.29, 0.717) is 5.92 Å². The van der Waals surface area contributed by atoms with Crippen LogP contribution >= 0.6 is 0 Å². The molecule has 1 aromatic carbocycles. The highest BCUT2D eigenvalue weighted by molar-refractivity contribution is 6.44. The van der Waals surface area contributed by atoms with Crippen LogP contribution in [0.1, 0.15) is 43.7 Å². The van der Waals surface area contributed by atoms with Gasteiger partial charge in [0.1, 0.15) is 45.0 Å². The molecule has 1 aliphatic heterocycles. The van der Waals surface area contributed by atoms with Crippen molar-refractivity contribution in [1.82, 2.24) is 5.32 Å². The Bertz CT molecular complexity index is 626. The molecular weight excluding hydrogens is 289 g/mol. The molecule has 2 rings (SSSR count). The van der Waals surface area contributed by atoms with E-state index in [9.17, 15) is 0 Å². The van der Waals surface area contributed by atoms with Gasteiger partial charge in [-0.1, -0.05) is 11.0 Å². The summed E-state index contributed by atoms with van der Waals surface area (Å²) in [5.41, 5.74) is 10.7. The molecule has 1 aliphatic rings. The van der Waals surface area contributed by atoms with Crippen molar-refractivity contribution in [2.24, 2.45) is 0 Å². The van der Waals surface area contributed by atoms with Gasteiger partial charge in [0.25, 0.3) is 0 Å². The van der Waals surface area contributed by atoms with E-state index >= 15 is 0 Å². The molecule has 0 aliphatic carbocycles. The number of piperidine rings is 1. The molecule has 1 fully saturated rings. The fourth-order valence-electron chi connectivity index (χ4n) is 4.31. The van der Waals surface area contributed by atoms with Crippen molar-refractivity contribution in [2.45, 2.75) is 55.7 Å². The van der Waals surface area contributed by atoms with Gasteiger partial charge in [-0.3, -0.25) is 0 Å². The second-order valence-electron chi connectivity index (χ2n) is 9.84. The minimum atomic E-state index is -0.250. The van der Waals surface area contributed by atoms with Crippen LogP contribution in [0, 0.1) is 6.92 Å². The second kappa shape index (κ2) is 6.16. The predicted octanol–water partition coefficient (Wildman–Crippen LogP) is -4.11. The molecule has 0 amide bonds. The van der Waals surface area contributed by atoms with Gasteiger partial charge in [-0.2, -0.15) is 0 Å². The highest BCUT2D eigenvalue weighted by Gasteiger charge is 2.38. The van der Waals surface area contributed by atoms with E-state index in [1.807, 2.05) is 0 Å². The Morgan fingerprint density at radius 3 is 2.17 bits per heavy atom. The lowest BCUT2D eigenvalue weighted by Gasteiger charge is -2.48. The Kier molecular flexibility index (Phi) is 5.00. The van der Waals surface area contributed by atoms with Crippen LogP contribution < -0.4 is 21.3 Å². The standard InChI is InChI=1S/C15H30B6N2O/c1-7-9(8-5-14(18,19)23-15(20,21)6-8)4-10(12(22)11(7)16)24-13(2,3)17/h4,8,23H,5-6,16-22H2,1-3H3. The maximum absolute atomic E-state index is 6.36. The summed E-state index contributed by atoms with van der Waals surface area (Å²) < 4.78 is 6.16. The normalized spacial score (nSPS) is 20.6. The van der Waals surface area contributed by atoms with Crippen LogP contribution in [0.15, 0.2) is 6.07 Å². The molecule has 0 aromatic heterocycles. The van der Waals surface area contributed by atoms with Gasteiger partial charge in [-0.15, -0.1) is 0 Å². The summed E-state index contributed by atoms with van der Waals surface area (Å²) in [6.45, 7) is 6.33. The Morgan fingerprint density at radius 1 is 1.21 bits per heavy atom.